The van der Waals surface area contributed by atoms with Gasteiger partial charge in [0.25, 0.3) is 20.0 Å². The SMILES string of the molecule is CC(=C(C)[Si](C)(C)O[Si](C)(C)O[Si](C)(C)O[Si](C)(C)O[Si](C)(C)O[Si](C)(C)O[Si](C)(C)O[Si](C)(C)O[Si](C)(C)O[Si](C)(C)O[SiH2]O[SiH2]O[SiH3])c1c(C)c(C)c(C)c(C)c1C. The van der Waals surface area contributed by atoms with Crippen molar-refractivity contribution in [1.82, 2.24) is 0 Å². The van der Waals surface area contributed by atoms with Gasteiger partial charge in [0, 0.05) is 0 Å². The molecule has 60 heavy (non-hydrogen) atoms. The maximum absolute atomic E-state index is 7.13. The second kappa shape index (κ2) is 21.5. The van der Waals surface area contributed by atoms with E-state index in [4.69, 9.17) is 49.4 Å². The molecule has 0 aliphatic rings. The van der Waals surface area contributed by atoms with Crippen LogP contribution in [0, 0.1) is 34.6 Å². The van der Waals surface area contributed by atoms with Crippen molar-refractivity contribution in [2.75, 3.05) is 0 Å². The van der Waals surface area contributed by atoms with Crippen LogP contribution in [0.4, 0.5) is 0 Å². The minimum atomic E-state index is -2.76. The summed E-state index contributed by atoms with van der Waals surface area (Å²) in [5, 5.41) is 1.34. The lowest BCUT2D eigenvalue weighted by atomic mass is 9.86. The van der Waals surface area contributed by atoms with Crippen LogP contribution in [0.3, 0.4) is 0 Å². The number of allylic oxidation sites excluding steroid dienone is 2. The van der Waals surface area contributed by atoms with Crippen LogP contribution in [0.15, 0.2) is 5.20 Å². The highest BCUT2D eigenvalue weighted by Gasteiger charge is 2.51. The third kappa shape index (κ3) is 20.0. The Balaban J connectivity index is 3.05. The molecule has 0 atom stereocenters. The highest BCUT2D eigenvalue weighted by Crippen LogP contribution is 2.37. The molecule has 1 aromatic carbocycles. The van der Waals surface area contributed by atoms with E-state index >= 15 is 0 Å². The van der Waals surface area contributed by atoms with Gasteiger partial charge in [-0.2, -0.15) is 0 Å². The van der Waals surface area contributed by atoms with E-state index in [0.717, 1.165) is 0 Å². The van der Waals surface area contributed by atoms with Crippen LogP contribution < -0.4 is 0 Å². The molecule has 0 saturated heterocycles. The Morgan fingerprint density at radius 1 is 0.367 bits per heavy atom. The molecule has 0 heterocycles. The average Bonchev–Trinajstić information content (AvgIpc) is 2.95. The van der Waals surface area contributed by atoms with Gasteiger partial charge in [0.1, 0.15) is 10.5 Å². The standard InChI is InChI=1S/C35H88O12Si13/c1-28-29(2)31(4)35(32(5)30(28)3)33(6)34(7)51(8,9)39-53(12,13)41-55(16,17)43-57(20,21)45-59(24,25)47-60(26,27)46-58(22,23)44-56(18,19)42-54(14,15)40-52(10,11)38-50-37-49-36-48/h49-50H2,1-27,48H3. The van der Waals surface area contributed by atoms with Gasteiger partial charge in [-0.3, -0.25) is 0 Å². The molecular formula is C35H88O12Si13. The second-order valence-electron chi connectivity index (χ2n) is 20.7. The van der Waals surface area contributed by atoms with Gasteiger partial charge in [-0.25, -0.2) is 0 Å². The van der Waals surface area contributed by atoms with Crippen LogP contribution in [0.25, 0.3) is 5.57 Å². The molecule has 0 bridgehead atoms. The smallest absolute Gasteiger partial charge is 0.314 e. The van der Waals surface area contributed by atoms with E-state index in [2.05, 4.69) is 166 Å². The summed E-state index contributed by atoms with van der Waals surface area (Å²) in [6.07, 6.45) is 0. The fourth-order valence-electron chi connectivity index (χ4n) is 8.63. The monoisotopic (exact) mass is 1060 g/mol. The molecule has 0 radical (unpaired) electrons. The minimum Gasteiger partial charge on any atom is -0.449 e. The van der Waals surface area contributed by atoms with Gasteiger partial charge < -0.3 is 49.4 Å². The van der Waals surface area contributed by atoms with Crippen molar-refractivity contribution >= 4 is 121 Å². The Kier molecular flexibility index (Phi) is 21.3. The lowest BCUT2D eigenvalue weighted by Gasteiger charge is -2.44. The zero-order valence-corrected chi connectivity index (χ0v) is 58.1. The summed E-state index contributed by atoms with van der Waals surface area (Å²) >= 11 is 0. The molecule has 1 aromatic rings. The number of hydrogen-bond acceptors (Lipinski definition) is 12. The quantitative estimate of drug-likeness (QED) is 0.0692. The molecule has 0 unspecified atom stereocenters. The topological polar surface area (TPSA) is 111 Å². The van der Waals surface area contributed by atoms with Gasteiger partial charge in [0.15, 0.2) is 0 Å². The Morgan fingerprint density at radius 2 is 0.617 bits per heavy atom. The molecule has 0 amide bonds. The fourth-order valence-corrected chi connectivity index (χ4v) is 62.8. The Morgan fingerprint density at radius 3 is 0.900 bits per heavy atom. The van der Waals surface area contributed by atoms with Crippen LogP contribution in [-0.2, 0) is 49.4 Å². The van der Waals surface area contributed by atoms with Crippen LogP contribution >= 0.6 is 0 Å². The first kappa shape index (κ1) is 59.3. The molecule has 0 aliphatic heterocycles. The molecule has 0 fully saturated rings. The summed E-state index contributed by atoms with van der Waals surface area (Å²) in [5.41, 5.74) is 9.51. The Hall–Kier alpha value is 1.30. The number of hydrogen-bond donors (Lipinski definition) is 0. The predicted octanol–water partition coefficient (Wildman–Crippen LogP) is 8.56. The molecule has 12 nitrogen and oxygen atoms in total. The summed E-state index contributed by atoms with van der Waals surface area (Å²) in [4.78, 5) is 0. The second-order valence-corrected chi connectivity index (χ2v) is 62.5. The molecule has 0 aliphatic carbocycles. The highest BCUT2D eigenvalue weighted by molar-refractivity contribution is 6.94. The molecular weight excluding hydrogens is 977 g/mol. The summed E-state index contributed by atoms with van der Waals surface area (Å²) in [5.74, 6) is 0. The van der Waals surface area contributed by atoms with E-state index in [0.29, 0.717) is 10.5 Å². The zero-order valence-electron chi connectivity index (χ0n) is 43.3. The summed E-state index contributed by atoms with van der Waals surface area (Å²) in [7, 11) is -27.8. The Bertz CT molecular complexity index is 1620. The van der Waals surface area contributed by atoms with Gasteiger partial charge in [-0.15, -0.1) is 0 Å². The van der Waals surface area contributed by atoms with Crippen LogP contribution in [-0.4, -0.2) is 116 Å². The average molecular weight is 1070 g/mol. The van der Waals surface area contributed by atoms with Gasteiger partial charge in [0.2, 0.25) is 8.32 Å². The molecule has 0 aromatic heterocycles. The van der Waals surface area contributed by atoms with E-state index < -0.39 is 105 Å². The third-order valence-electron chi connectivity index (χ3n) is 9.97. The van der Waals surface area contributed by atoms with E-state index in [1.807, 2.05) is 13.1 Å². The first-order valence-corrected chi connectivity index (χ1v) is 52.6. The van der Waals surface area contributed by atoms with Crippen LogP contribution in [0.5, 0.6) is 0 Å². The van der Waals surface area contributed by atoms with Crippen molar-refractivity contribution in [3.63, 3.8) is 0 Å². The zero-order chi connectivity index (χ0) is 47.5. The molecule has 1 rings (SSSR count). The first-order chi connectivity index (χ1) is 26.4. The summed E-state index contributed by atoms with van der Waals surface area (Å²) < 4.78 is 78.7. The van der Waals surface area contributed by atoms with Gasteiger partial charge >= 0.3 is 77.0 Å². The van der Waals surface area contributed by atoms with E-state index in [1.54, 1.807) is 0 Å². The fraction of sp³-hybridized carbons (Fsp3) is 0.771. The third-order valence-corrected chi connectivity index (χ3v) is 53.1. The van der Waals surface area contributed by atoms with E-state index in [9.17, 15) is 0 Å². The van der Waals surface area contributed by atoms with Crippen LogP contribution in [0.2, 0.25) is 131 Å². The van der Waals surface area contributed by atoms with Crippen molar-refractivity contribution < 1.29 is 49.4 Å². The molecule has 352 valence electrons. The highest BCUT2D eigenvalue weighted by atomic mass is 28.5. The first-order valence-electron chi connectivity index (χ1n) is 21.2. The van der Waals surface area contributed by atoms with Crippen molar-refractivity contribution in [2.45, 2.75) is 179 Å². The Labute approximate surface area is 386 Å². The number of benzene rings is 1. The largest absolute Gasteiger partial charge is 0.449 e. The van der Waals surface area contributed by atoms with Gasteiger partial charge in [-0.1, -0.05) is 5.20 Å². The van der Waals surface area contributed by atoms with Crippen molar-refractivity contribution in [2.24, 2.45) is 0 Å². The normalized spacial score (nSPS) is 15.7. The summed E-state index contributed by atoms with van der Waals surface area (Å²) in [6, 6.07) is 0. The van der Waals surface area contributed by atoms with Gasteiger partial charge in [0.05, 0.1) is 0 Å². The summed E-state index contributed by atoms with van der Waals surface area (Å²) in [6.45, 7) is 57.8. The lowest BCUT2D eigenvalue weighted by molar-refractivity contribution is 0.255. The maximum Gasteiger partial charge on any atom is 0.314 e. The molecule has 0 N–H and O–H groups in total. The van der Waals surface area contributed by atoms with E-state index in [-0.39, 0.29) is 0 Å². The van der Waals surface area contributed by atoms with Crippen molar-refractivity contribution in [3.8, 4) is 0 Å². The molecule has 25 heteroatoms. The van der Waals surface area contributed by atoms with Crippen LogP contribution in [0.1, 0.15) is 47.2 Å². The van der Waals surface area contributed by atoms with Crippen molar-refractivity contribution in [3.05, 3.63) is 38.6 Å². The van der Waals surface area contributed by atoms with Crippen molar-refractivity contribution in [1.29, 1.82) is 0 Å². The minimum absolute atomic E-state index is 0.698. The van der Waals surface area contributed by atoms with Gasteiger partial charge in [-0.05, 0) is 218 Å². The predicted molar refractivity (Wildman–Crippen MR) is 283 cm³/mol. The molecule has 0 spiro atoms. The molecule has 0 saturated carbocycles. The lowest BCUT2D eigenvalue weighted by Crippen LogP contribution is -2.62. The van der Waals surface area contributed by atoms with E-state index in [1.165, 1.54) is 44.2 Å². The maximum atomic E-state index is 7.13. The number of rotatable bonds is 25.